The van der Waals surface area contributed by atoms with Gasteiger partial charge in [-0.2, -0.15) is 0 Å². The Morgan fingerprint density at radius 2 is 2.00 bits per heavy atom. The van der Waals surface area contributed by atoms with E-state index >= 15 is 0 Å². The molecule has 3 atom stereocenters. The lowest BCUT2D eigenvalue weighted by atomic mass is 9.48. The molecule has 0 N–H and O–H groups in total. The van der Waals surface area contributed by atoms with Crippen LogP contribution in [0.15, 0.2) is 12.7 Å². The topological polar surface area (TPSA) is 35.5 Å². The number of carbonyl (C=O) groups is 1. The molecule has 0 radical (unpaired) electrons. The predicted molar refractivity (Wildman–Crippen MR) is 77.2 cm³/mol. The second-order valence-corrected chi connectivity index (χ2v) is 7.15. The minimum Gasteiger partial charge on any atom is -0.347 e. The molecule has 3 aliphatic rings. The van der Waals surface area contributed by atoms with Crippen LogP contribution in [0.3, 0.4) is 0 Å². The van der Waals surface area contributed by atoms with E-state index in [2.05, 4.69) is 20.4 Å². The summed E-state index contributed by atoms with van der Waals surface area (Å²) in [4.78, 5) is 12.6. The van der Waals surface area contributed by atoms with Gasteiger partial charge in [-0.1, -0.05) is 19.9 Å². The summed E-state index contributed by atoms with van der Waals surface area (Å²) >= 11 is 0. The molecular weight excluding hydrogens is 252 g/mol. The number of carbonyl (C=O) groups excluding carboxylic acids is 1. The molecule has 2 saturated carbocycles. The van der Waals surface area contributed by atoms with Crippen LogP contribution in [0.25, 0.3) is 0 Å². The number of Topliss-reactive ketones (excluding diaryl/α,β-unsaturated/α-hetero) is 1. The minimum atomic E-state index is -0.445. The van der Waals surface area contributed by atoms with Crippen LogP contribution in [0.5, 0.6) is 0 Å². The van der Waals surface area contributed by atoms with Gasteiger partial charge >= 0.3 is 0 Å². The van der Waals surface area contributed by atoms with Crippen molar-refractivity contribution in [1.29, 1.82) is 0 Å². The number of ketones is 1. The molecule has 0 aromatic heterocycles. The van der Waals surface area contributed by atoms with E-state index < -0.39 is 5.79 Å². The van der Waals surface area contributed by atoms with Gasteiger partial charge < -0.3 is 9.47 Å². The summed E-state index contributed by atoms with van der Waals surface area (Å²) in [6, 6.07) is 0. The number of fused-ring (bicyclic) bond motifs is 2. The van der Waals surface area contributed by atoms with E-state index in [9.17, 15) is 4.79 Å². The fourth-order valence-corrected chi connectivity index (χ4v) is 5.13. The van der Waals surface area contributed by atoms with Crippen molar-refractivity contribution < 1.29 is 14.3 Å². The number of ether oxygens (including phenoxy) is 2. The first-order valence-corrected chi connectivity index (χ1v) is 7.91. The van der Waals surface area contributed by atoms with Crippen LogP contribution < -0.4 is 0 Å². The van der Waals surface area contributed by atoms with Gasteiger partial charge in [0.1, 0.15) is 5.78 Å². The van der Waals surface area contributed by atoms with Crippen molar-refractivity contribution in [3.63, 3.8) is 0 Å². The third-order valence-corrected chi connectivity index (χ3v) is 6.24. The van der Waals surface area contributed by atoms with Crippen molar-refractivity contribution in [2.45, 2.75) is 58.2 Å². The molecule has 112 valence electrons. The average molecular weight is 278 g/mol. The van der Waals surface area contributed by atoms with Crippen LogP contribution in [0, 0.1) is 16.7 Å². The van der Waals surface area contributed by atoms with Gasteiger partial charge in [-0.05, 0) is 31.6 Å². The Labute approximate surface area is 121 Å². The van der Waals surface area contributed by atoms with E-state index in [1.165, 1.54) is 0 Å². The van der Waals surface area contributed by atoms with Crippen molar-refractivity contribution in [3.8, 4) is 0 Å². The van der Waals surface area contributed by atoms with E-state index in [1.54, 1.807) is 0 Å². The van der Waals surface area contributed by atoms with Crippen LogP contribution >= 0.6 is 0 Å². The Hall–Kier alpha value is -0.670. The fourth-order valence-electron chi connectivity index (χ4n) is 5.13. The Morgan fingerprint density at radius 1 is 1.30 bits per heavy atom. The van der Waals surface area contributed by atoms with E-state index in [0.717, 1.165) is 32.1 Å². The van der Waals surface area contributed by atoms with Crippen molar-refractivity contribution in [1.82, 2.24) is 0 Å². The van der Waals surface area contributed by atoms with E-state index in [-0.39, 0.29) is 10.8 Å². The summed E-state index contributed by atoms with van der Waals surface area (Å²) in [5, 5.41) is 0. The lowest BCUT2D eigenvalue weighted by Gasteiger charge is -2.60. The lowest BCUT2D eigenvalue weighted by molar-refractivity contribution is -0.286. The smallest absolute Gasteiger partial charge is 0.174 e. The predicted octanol–water partition coefficient (Wildman–Crippen LogP) is 3.48. The van der Waals surface area contributed by atoms with Crippen LogP contribution in [-0.4, -0.2) is 24.8 Å². The van der Waals surface area contributed by atoms with Gasteiger partial charge in [-0.15, -0.1) is 6.58 Å². The molecule has 0 aromatic carbocycles. The standard InChI is InChI=1S/C17H26O3/c1-4-8-15(2)13-6-5-9-17(19-11-12-20-17)16(13,3)10-7-14(15)18/h4,13H,1,5-12H2,2-3H3/t13-,15-,16+/m0/s1. The van der Waals surface area contributed by atoms with Crippen molar-refractivity contribution >= 4 is 5.78 Å². The maximum atomic E-state index is 12.6. The lowest BCUT2D eigenvalue weighted by Crippen LogP contribution is -2.62. The average Bonchev–Trinajstić information content (AvgIpc) is 2.88. The molecular formula is C17H26O3. The molecule has 20 heavy (non-hydrogen) atoms. The molecule has 1 spiro atoms. The van der Waals surface area contributed by atoms with Crippen molar-refractivity contribution in [3.05, 3.63) is 12.7 Å². The van der Waals surface area contributed by atoms with Gasteiger partial charge in [-0.25, -0.2) is 0 Å². The summed E-state index contributed by atoms with van der Waals surface area (Å²) in [5.74, 6) is 0.287. The number of rotatable bonds is 2. The van der Waals surface area contributed by atoms with Gasteiger partial charge in [0.2, 0.25) is 0 Å². The molecule has 3 heteroatoms. The highest BCUT2D eigenvalue weighted by atomic mass is 16.7. The largest absolute Gasteiger partial charge is 0.347 e. The second kappa shape index (κ2) is 4.67. The molecule has 0 bridgehead atoms. The van der Waals surface area contributed by atoms with Gasteiger partial charge in [-0.3, -0.25) is 4.79 Å². The van der Waals surface area contributed by atoms with E-state index in [4.69, 9.17) is 9.47 Å². The summed E-state index contributed by atoms with van der Waals surface area (Å²) in [7, 11) is 0. The quantitative estimate of drug-likeness (QED) is 0.725. The van der Waals surface area contributed by atoms with Crippen LogP contribution in [0.2, 0.25) is 0 Å². The zero-order valence-electron chi connectivity index (χ0n) is 12.7. The van der Waals surface area contributed by atoms with Crippen LogP contribution in [0.1, 0.15) is 52.4 Å². The van der Waals surface area contributed by atoms with E-state index in [0.29, 0.717) is 31.3 Å². The van der Waals surface area contributed by atoms with Gasteiger partial charge in [0, 0.05) is 23.7 Å². The Balaban J connectivity index is 2.02. The van der Waals surface area contributed by atoms with Crippen LogP contribution in [0.4, 0.5) is 0 Å². The molecule has 0 aromatic rings. The Bertz CT molecular complexity index is 424. The van der Waals surface area contributed by atoms with Crippen molar-refractivity contribution in [2.75, 3.05) is 13.2 Å². The fraction of sp³-hybridized carbons (Fsp3) is 0.824. The van der Waals surface area contributed by atoms with Gasteiger partial charge in [0.25, 0.3) is 0 Å². The Kier molecular flexibility index (Phi) is 3.33. The molecule has 1 saturated heterocycles. The molecule has 3 fully saturated rings. The maximum Gasteiger partial charge on any atom is 0.174 e. The third-order valence-electron chi connectivity index (χ3n) is 6.24. The first-order valence-electron chi connectivity index (χ1n) is 7.91. The molecule has 1 heterocycles. The summed E-state index contributed by atoms with van der Waals surface area (Å²) in [6.45, 7) is 9.67. The van der Waals surface area contributed by atoms with Crippen molar-refractivity contribution in [2.24, 2.45) is 16.7 Å². The summed E-state index contributed by atoms with van der Waals surface area (Å²) in [6.07, 6.45) is 7.36. The minimum absolute atomic E-state index is 0.0482. The van der Waals surface area contributed by atoms with Gasteiger partial charge in [0.05, 0.1) is 13.2 Å². The van der Waals surface area contributed by atoms with E-state index in [1.807, 2.05) is 6.08 Å². The highest BCUT2D eigenvalue weighted by molar-refractivity contribution is 5.86. The highest BCUT2D eigenvalue weighted by Gasteiger charge is 2.65. The SMILES string of the molecule is C=CC[C@]1(C)C(=O)CC[C@]2(C)[C@H]1CCCC21OCCO1. The zero-order chi connectivity index (χ0) is 14.4. The third kappa shape index (κ3) is 1.69. The molecule has 0 amide bonds. The summed E-state index contributed by atoms with van der Waals surface area (Å²) in [5.41, 5.74) is -0.342. The highest BCUT2D eigenvalue weighted by Crippen LogP contribution is 2.63. The molecule has 0 unspecified atom stereocenters. The molecule has 3 nitrogen and oxygen atoms in total. The summed E-state index contributed by atoms with van der Waals surface area (Å²) < 4.78 is 12.2. The maximum absolute atomic E-state index is 12.6. The number of hydrogen-bond acceptors (Lipinski definition) is 3. The monoisotopic (exact) mass is 278 g/mol. The molecule has 2 aliphatic carbocycles. The molecule has 1 aliphatic heterocycles. The first-order chi connectivity index (χ1) is 9.48. The Morgan fingerprint density at radius 3 is 2.65 bits per heavy atom. The zero-order valence-corrected chi connectivity index (χ0v) is 12.7. The molecule has 3 rings (SSSR count). The number of allylic oxidation sites excluding steroid dienone is 1. The van der Waals surface area contributed by atoms with Gasteiger partial charge in [0.15, 0.2) is 5.79 Å². The normalized spacial score (nSPS) is 43.5. The van der Waals surface area contributed by atoms with Crippen LogP contribution in [-0.2, 0) is 14.3 Å². The first kappa shape index (κ1) is 14.3. The number of hydrogen-bond donors (Lipinski definition) is 0. The second-order valence-electron chi connectivity index (χ2n) is 7.15.